The van der Waals surface area contributed by atoms with Gasteiger partial charge in [-0.1, -0.05) is 41.9 Å². The fourth-order valence-corrected chi connectivity index (χ4v) is 4.41. The molecule has 1 amide bonds. The molecule has 1 aliphatic rings. The number of carbonyl (C=O) groups is 1. The van der Waals surface area contributed by atoms with Crippen LogP contribution < -0.4 is 14.2 Å². The summed E-state index contributed by atoms with van der Waals surface area (Å²) >= 11 is 6.32. The molecule has 0 fully saturated rings. The Hall–Kier alpha value is -3.18. The highest BCUT2D eigenvalue weighted by Gasteiger charge is 2.36. The van der Waals surface area contributed by atoms with Crippen LogP contribution in [0.5, 0.6) is 17.2 Å². The van der Waals surface area contributed by atoms with Crippen LogP contribution in [0.1, 0.15) is 29.7 Å². The zero-order valence-electron chi connectivity index (χ0n) is 18.4. The first-order chi connectivity index (χ1) is 15.5. The predicted molar refractivity (Wildman–Crippen MR) is 125 cm³/mol. The molecule has 0 bridgehead atoms. The van der Waals surface area contributed by atoms with Crippen molar-refractivity contribution in [2.45, 2.75) is 25.5 Å². The number of fused-ring (bicyclic) bond motifs is 1. The molecular weight excluding hydrogens is 426 g/mol. The second kappa shape index (κ2) is 9.53. The van der Waals surface area contributed by atoms with Gasteiger partial charge in [-0.15, -0.1) is 0 Å². The third-order valence-corrected chi connectivity index (χ3v) is 5.96. The van der Waals surface area contributed by atoms with E-state index in [-0.39, 0.29) is 11.9 Å². The molecule has 0 N–H and O–H groups in total. The second-order valence-electron chi connectivity index (χ2n) is 7.72. The first-order valence-corrected chi connectivity index (χ1v) is 10.9. The van der Waals surface area contributed by atoms with Gasteiger partial charge < -0.3 is 19.1 Å². The molecule has 0 radical (unpaired) electrons. The Morgan fingerprint density at radius 1 is 1.00 bits per heavy atom. The van der Waals surface area contributed by atoms with Crippen LogP contribution in [0.4, 0.5) is 0 Å². The van der Waals surface area contributed by atoms with Crippen LogP contribution >= 0.6 is 11.6 Å². The molecule has 1 aliphatic heterocycles. The van der Waals surface area contributed by atoms with Crippen molar-refractivity contribution in [1.82, 2.24) is 4.90 Å². The van der Waals surface area contributed by atoms with Gasteiger partial charge in [-0.3, -0.25) is 4.79 Å². The van der Waals surface area contributed by atoms with Crippen molar-refractivity contribution >= 4 is 17.5 Å². The maximum Gasteiger partial charge on any atom is 0.264 e. The smallest absolute Gasteiger partial charge is 0.264 e. The molecule has 2 atom stereocenters. The highest BCUT2D eigenvalue weighted by molar-refractivity contribution is 6.30. The van der Waals surface area contributed by atoms with Crippen molar-refractivity contribution in [2.75, 3.05) is 20.8 Å². The van der Waals surface area contributed by atoms with E-state index in [4.69, 9.17) is 25.8 Å². The minimum absolute atomic E-state index is 0.0840. The van der Waals surface area contributed by atoms with E-state index in [9.17, 15) is 4.79 Å². The summed E-state index contributed by atoms with van der Waals surface area (Å²) in [6, 6.07) is 20.7. The van der Waals surface area contributed by atoms with Crippen molar-refractivity contribution in [3.63, 3.8) is 0 Å². The van der Waals surface area contributed by atoms with Gasteiger partial charge in [0, 0.05) is 11.6 Å². The molecule has 3 aromatic rings. The summed E-state index contributed by atoms with van der Waals surface area (Å²) in [5, 5.41) is 0.621. The summed E-state index contributed by atoms with van der Waals surface area (Å²) in [6.45, 7) is 2.34. The van der Waals surface area contributed by atoms with Crippen molar-refractivity contribution in [1.29, 1.82) is 0 Å². The number of para-hydroxylation sites is 1. The van der Waals surface area contributed by atoms with E-state index >= 15 is 0 Å². The van der Waals surface area contributed by atoms with Crippen LogP contribution in [0.2, 0.25) is 5.02 Å². The number of rotatable bonds is 6. The van der Waals surface area contributed by atoms with Gasteiger partial charge in [0.05, 0.1) is 20.3 Å². The lowest BCUT2D eigenvalue weighted by Crippen LogP contribution is -2.46. The first-order valence-electron chi connectivity index (χ1n) is 10.5. The molecule has 1 heterocycles. The van der Waals surface area contributed by atoms with Crippen LogP contribution in [-0.4, -0.2) is 37.7 Å². The third kappa shape index (κ3) is 4.39. The monoisotopic (exact) mass is 451 g/mol. The summed E-state index contributed by atoms with van der Waals surface area (Å²) in [5.41, 5.74) is 3.05. The van der Waals surface area contributed by atoms with Crippen LogP contribution in [0.3, 0.4) is 0 Å². The third-order valence-electron chi connectivity index (χ3n) is 5.73. The van der Waals surface area contributed by atoms with Crippen molar-refractivity contribution in [3.8, 4) is 17.2 Å². The quantitative estimate of drug-likeness (QED) is 0.510. The summed E-state index contributed by atoms with van der Waals surface area (Å²) in [7, 11) is 3.24. The maximum atomic E-state index is 13.6. The maximum absolute atomic E-state index is 13.6. The average Bonchev–Trinajstić information content (AvgIpc) is 2.82. The molecule has 4 rings (SSSR count). The van der Waals surface area contributed by atoms with E-state index in [0.717, 1.165) is 16.7 Å². The van der Waals surface area contributed by atoms with E-state index in [1.165, 1.54) is 0 Å². The SMILES string of the molecule is COc1cc2c(cc1OC)[C@H](c1cccc(Cl)c1)N(C(=O)[C@@H](C)Oc1ccccc1)CC2. The molecule has 166 valence electrons. The Morgan fingerprint density at radius 2 is 1.72 bits per heavy atom. The van der Waals surface area contributed by atoms with E-state index in [1.807, 2.05) is 71.6 Å². The molecule has 0 aliphatic carbocycles. The topological polar surface area (TPSA) is 48.0 Å². The van der Waals surface area contributed by atoms with Gasteiger partial charge in [0.1, 0.15) is 5.75 Å². The molecule has 0 unspecified atom stereocenters. The van der Waals surface area contributed by atoms with E-state index in [0.29, 0.717) is 35.2 Å². The molecule has 0 spiro atoms. The molecule has 3 aromatic carbocycles. The minimum atomic E-state index is -0.638. The highest BCUT2D eigenvalue weighted by atomic mass is 35.5. The molecule has 0 aromatic heterocycles. The lowest BCUT2D eigenvalue weighted by Gasteiger charge is -2.39. The summed E-state index contributed by atoms with van der Waals surface area (Å²) in [5.74, 6) is 1.88. The van der Waals surface area contributed by atoms with Crippen LogP contribution in [0.25, 0.3) is 0 Å². The Bertz CT molecular complexity index is 1100. The number of amides is 1. The molecule has 0 saturated heterocycles. The number of ether oxygens (including phenoxy) is 3. The van der Waals surface area contributed by atoms with Gasteiger partial charge >= 0.3 is 0 Å². The highest BCUT2D eigenvalue weighted by Crippen LogP contribution is 2.41. The number of hydrogen-bond acceptors (Lipinski definition) is 4. The van der Waals surface area contributed by atoms with Gasteiger partial charge in [0.15, 0.2) is 17.6 Å². The lowest BCUT2D eigenvalue weighted by atomic mass is 9.87. The number of hydrogen-bond donors (Lipinski definition) is 0. The normalized spacial score (nSPS) is 16.1. The van der Waals surface area contributed by atoms with Crippen LogP contribution in [-0.2, 0) is 11.2 Å². The zero-order chi connectivity index (χ0) is 22.7. The summed E-state index contributed by atoms with van der Waals surface area (Å²) < 4.78 is 17.0. The van der Waals surface area contributed by atoms with Crippen molar-refractivity contribution in [2.24, 2.45) is 0 Å². The standard InChI is InChI=1S/C26H26ClNO4/c1-17(32-21-10-5-4-6-11-21)26(29)28-13-12-18-15-23(30-2)24(31-3)16-22(18)25(28)19-8-7-9-20(27)14-19/h4-11,14-17,25H,12-13H2,1-3H3/t17-,25+/m1/s1. The minimum Gasteiger partial charge on any atom is -0.493 e. The van der Waals surface area contributed by atoms with Crippen LogP contribution in [0, 0.1) is 0 Å². The fraction of sp³-hybridized carbons (Fsp3) is 0.269. The second-order valence-corrected chi connectivity index (χ2v) is 8.15. The summed E-state index contributed by atoms with van der Waals surface area (Å²) in [6.07, 6.45) is 0.0667. The molecule has 32 heavy (non-hydrogen) atoms. The summed E-state index contributed by atoms with van der Waals surface area (Å²) in [4.78, 5) is 15.4. The van der Waals surface area contributed by atoms with Gasteiger partial charge in [0.25, 0.3) is 5.91 Å². The van der Waals surface area contributed by atoms with E-state index in [2.05, 4.69) is 0 Å². The zero-order valence-corrected chi connectivity index (χ0v) is 19.1. The van der Waals surface area contributed by atoms with Gasteiger partial charge in [-0.25, -0.2) is 0 Å². The predicted octanol–water partition coefficient (Wildman–Crippen LogP) is 5.30. The molecule has 0 saturated carbocycles. The van der Waals surface area contributed by atoms with Gasteiger partial charge in [-0.05, 0) is 66.4 Å². The van der Waals surface area contributed by atoms with Crippen molar-refractivity contribution < 1.29 is 19.0 Å². The van der Waals surface area contributed by atoms with E-state index < -0.39 is 6.10 Å². The number of methoxy groups -OCH3 is 2. The molecule has 6 heteroatoms. The largest absolute Gasteiger partial charge is 0.493 e. The van der Waals surface area contributed by atoms with Crippen LogP contribution in [0.15, 0.2) is 66.7 Å². The van der Waals surface area contributed by atoms with Crippen molar-refractivity contribution in [3.05, 3.63) is 88.4 Å². The molecule has 5 nitrogen and oxygen atoms in total. The number of carbonyl (C=O) groups excluding carboxylic acids is 1. The van der Waals surface area contributed by atoms with Gasteiger partial charge in [0.2, 0.25) is 0 Å². The first kappa shape index (κ1) is 22.0. The van der Waals surface area contributed by atoms with E-state index in [1.54, 1.807) is 21.1 Å². The number of benzene rings is 3. The Balaban J connectivity index is 1.74. The Morgan fingerprint density at radius 3 is 2.41 bits per heavy atom. The Labute approximate surface area is 193 Å². The lowest BCUT2D eigenvalue weighted by molar-refractivity contribution is -0.140. The number of nitrogens with zero attached hydrogens (tertiary/aromatic N) is 1. The van der Waals surface area contributed by atoms with Gasteiger partial charge in [-0.2, -0.15) is 0 Å². The fourth-order valence-electron chi connectivity index (χ4n) is 4.21. The average molecular weight is 452 g/mol. The molecular formula is C26H26ClNO4. The Kier molecular flexibility index (Phi) is 6.56. The number of halogens is 1.